The molecule has 0 aliphatic heterocycles. The molecule has 2 N–H and O–H groups in total. The van der Waals surface area contributed by atoms with Crippen molar-refractivity contribution in [3.05, 3.63) is 59.8 Å². The molecular formula is C16H16N2O2. The number of benzene rings is 2. The third-order valence-corrected chi connectivity index (χ3v) is 3.45. The first-order chi connectivity index (χ1) is 9.70. The molecule has 0 radical (unpaired) electrons. The second kappa shape index (κ2) is 4.98. The lowest BCUT2D eigenvalue weighted by atomic mass is 10.0. The van der Waals surface area contributed by atoms with E-state index in [1.54, 1.807) is 24.3 Å². The summed E-state index contributed by atoms with van der Waals surface area (Å²) in [5.41, 5.74) is 2.40. The van der Waals surface area contributed by atoms with E-state index in [-0.39, 0.29) is 5.75 Å². The molecule has 4 heteroatoms. The van der Waals surface area contributed by atoms with E-state index in [0.717, 1.165) is 22.2 Å². The molecule has 0 bridgehead atoms. The van der Waals surface area contributed by atoms with Gasteiger partial charge in [-0.25, -0.2) is 0 Å². The van der Waals surface area contributed by atoms with E-state index in [1.165, 1.54) is 0 Å². The van der Waals surface area contributed by atoms with E-state index in [2.05, 4.69) is 5.10 Å². The number of hydrogen-bond acceptors (Lipinski definition) is 3. The first-order valence-electron chi connectivity index (χ1n) is 6.63. The molecule has 2 aromatic carbocycles. The van der Waals surface area contributed by atoms with Crippen LogP contribution in [0.25, 0.3) is 10.9 Å². The summed E-state index contributed by atoms with van der Waals surface area (Å²) >= 11 is 0. The van der Waals surface area contributed by atoms with Crippen LogP contribution in [0.2, 0.25) is 0 Å². The maximum atomic E-state index is 10.6. The van der Waals surface area contributed by atoms with Crippen LogP contribution in [0.1, 0.15) is 24.3 Å². The number of aliphatic hydroxyl groups is 1. The van der Waals surface area contributed by atoms with Gasteiger partial charge in [-0.1, -0.05) is 30.3 Å². The molecule has 0 aliphatic carbocycles. The smallest absolute Gasteiger partial charge is 0.121 e. The van der Waals surface area contributed by atoms with Gasteiger partial charge in [0.25, 0.3) is 0 Å². The Labute approximate surface area is 116 Å². The summed E-state index contributed by atoms with van der Waals surface area (Å²) in [7, 11) is 0. The second-order valence-corrected chi connectivity index (χ2v) is 4.71. The normalized spacial score (nSPS) is 12.7. The quantitative estimate of drug-likeness (QED) is 0.768. The summed E-state index contributed by atoms with van der Waals surface area (Å²) in [4.78, 5) is 0. The van der Waals surface area contributed by atoms with Crippen molar-refractivity contribution in [2.24, 2.45) is 0 Å². The minimum Gasteiger partial charge on any atom is -0.508 e. The molecule has 0 fully saturated rings. The predicted molar refractivity (Wildman–Crippen MR) is 77.6 cm³/mol. The summed E-state index contributed by atoms with van der Waals surface area (Å²) in [6.45, 7) is 2.69. The van der Waals surface area contributed by atoms with Crippen molar-refractivity contribution < 1.29 is 10.2 Å². The number of fused-ring (bicyclic) bond motifs is 1. The number of aryl methyl sites for hydroxylation is 1. The Hall–Kier alpha value is -2.33. The average Bonchev–Trinajstić information content (AvgIpc) is 2.85. The van der Waals surface area contributed by atoms with Gasteiger partial charge in [-0.15, -0.1) is 0 Å². The fraction of sp³-hybridized carbons (Fsp3) is 0.188. The second-order valence-electron chi connectivity index (χ2n) is 4.71. The van der Waals surface area contributed by atoms with Crippen LogP contribution < -0.4 is 0 Å². The first-order valence-corrected chi connectivity index (χ1v) is 6.63. The minimum atomic E-state index is -0.761. The number of aromatic hydroxyl groups is 1. The Bertz CT molecular complexity index is 732. The lowest BCUT2D eigenvalue weighted by Crippen LogP contribution is -2.09. The van der Waals surface area contributed by atoms with E-state index < -0.39 is 6.10 Å². The maximum Gasteiger partial charge on any atom is 0.121 e. The van der Waals surface area contributed by atoms with Crippen molar-refractivity contribution >= 4 is 10.9 Å². The monoisotopic (exact) mass is 268 g/mol. The fourth-order valence-electron chi connectivity index (χ4n) is 2.44. The zero-order valence-corrected chi connectivity index (χ0v) is 11.2. The van der Waals surface area contributed by atoms with Crippen LogP contribution in [-0.4, -0.2) is 20.0 Å². The Balaban J connectivity index is 2.15. The topological polar surface area (TPSA) is 58.3 Å². The Morgan fingerprint density at radius 1 is 1.10 bits per heavy atom. The molecule has 3 aromatic rings. The van der Waals surface area contributed by atoms with Crippen LogP contribution in [0, 0.1) is 0 Å². The van der Waals surface area contributed by atoms with Crippen molar-refractivity contribution in [2.75, 3.05) is 0 Å². The molecule has 0 spiro atoms. The van der Waals surface area contributed by atoms with Gasteiger partial charge in [0.05, 0.1) is 11.2 Å². The molecule has 0 amide bonds. The van der Waals surface area contributed by atoms with E-state index in [9.17, 15) is 10.2 Å². The third kappa shape index (κ3) is 2.04. The van der Waals surface area contributed by atoms with Crippen LogP contribution in [0.5, 0.6) is 5.75 Å². The van der Waals surface area contributed by atoms with Gasteiger partial charge in [0.1, 0.15) is 11.9 Å². The summed E-state index contributed by atoms with van der Waals surface area (Å²) in [5.74, 6) is 0.190. The van der Waals surface area contributed by atoms with E-state index in [0.29, 0.717) is 6.54 Å². The number of nitrogens with zero attached hydrogens (tertiary/aromatic N) is 2. The lowest BCUT2D eigenvalue weighted by molar-refractivity contribution is 0.209. The molecule has 1 atom stereocenters. The molecular weight excluding hydrogens is 252 g/mol. The van der Waals surface area contributed by atoms with Gasteiger partial charge in [-0.2, -0.15) is 5.10 Å². The molecule has 0 saturated heterocycles. The van der Waals surface area contributed by atoms with E-state index >= 15 is 0 Å². The maximum absolute atomic E-state index is 10.6. The number of aromatic nitrogens is 2. The van der Waals surface area contributed by atoms with E-state index in [4.69, 9.17) is 0 Å². The van der Waals surface area contributed by atoms with Crippen LogP contribution in [0.4, 0.5) is 0 Å². The van der Waals surface area contributed by atoms with Crippen molar-refractivity contribution in [2.45, 2.75) is 19.6 Å². The van der Waals surface area contributed by atoms with Crippen LogP contribution in [0.3, 0.4) is 0 Å². The number of phenols is 1. The molecule has 1 unspecified atom stereocenters. The highest BCUT2D eigenvalue weighted by molar-refractivity contribution is 5.82. The molecule has 1 heterocycles. The zero-order chi connectivity index (χ0) is 14.1. The fourth-order valence-corrected chi connectivity index (χ4v) is 2.44. The lowest BCUT2D eigenvalue weighted by Gasteiger charge is -2.13. The molecule has 102 valence electrons. The summed E-state index contributed by atoms with van der Waals surface area (Å²) < 4.78 is 1.82. The predicted octanol–water partition coefficient (Wildman–Crippen LogP) is 2.84. The molecule has 4 nitrogen and oxygen atoms in total. The molecule has 0 aliphatic rings. The Morgan fingerprint density at radius 2 is 1.80 bits per heavy atom. The summed E-state index contributed by atoms with van der Waals surface area (Å²) in [6, 6.07) is 14.4. The van der Waals surface area contributed by atoms with Gasteiger partial charge in [0.15, 0.2) is 0 Å². The highest BCUT2D eigenvalue weighted by atomic mass is 16.3. The number of hydrogen-bond donors (Lipinski definition) is 2. The highest BCUT2D eigenvalue weighted by Crippen LogP contribution is 2.29. The Kier molecular flexibility index (Phi) is 3.16. The molecule has 1 aromatic heterocycles. The summed E-state index contributed by atoms with van der Waals surface area (Å²) in [5, 5.41) is 25.4. The largest absolute Gasteiger partial charge is 0.508 e. The molecule has 3 rings (SSSR count). The van der Waals surface area contributed by atoms with Gasteiger partial charge in [-0.3, -0.25) is 4.68 Å². The van der Waals surface area contributed by atoms with Crippen molar-refractivity contribution in [3.8, 4) is 5.75 Å². The Morgan fingerprint density at radius 3 is 2.50 bits per heavy atom. The highest BCUT2D eigenvalue weighted by Gasteiger charge is 2.19. The van der Waals surface area contributed by atoms with Crippen LogP contribution in [-0.2, 0) is 6.54 Å². The van der Waals surface area contributed by atoms with Crippen molar-refractivity contribution in [3.63, 3.8) is 0 Å². The van der Waals surface area contributed by atoms with Crippen molar-refractivity contribution in [1.29, 1.82) is 0 Å². The van der Waals surface area contributed by atoms with Gasteiger partial charge in [0.2, 0.25) is 0 Å². The molecule has 0 saturated carbocycles. The van der Waals surface area contributed by atoms with Crippen LogP contribution in [0.15, 0.2) is 48.5 Å². The first kappa shape index (κ1) is 12.7. The average molecular weight is 268 g/mol. The van der Waals surface area contributed by atoms with Gasteiger partial charge < -0.3 is 10.2 Å². The third-order valence-electron chi connectivity index (χ3n) is 3.45. The van der Waals surface area contributed by atoms with Gasteiger partial charge in [0, 0.05) is 11.9 Å². The minimum absolute atomic E-state index is 0.190. The standard InChI is InChI=1S/C16H16N2O2/c1-2-18-15(13-5-3-4-6-14(13)17-18)16(20)11-7-9-12(19)10-8-11/h3-10,16,19-20H,2H2,1H3. The number of rotatable bonds is 3. The van der Waals surface area contributed by atoms with Gasteiger partial charge in [-0.05, 0) is 30.7 Å². The molecule has 20 heavy (non-hydrogen) atoms. The van der Waals surface area contributed by atoms with Crippen LogP contribution >= 0.6 is 0 Å². The van der Waals surface area contributed by atoms with Crippen molar-refractivity contribution in [1.82, 2.24) is 9.78 Å². The number of aliphatic hydroxyl groups excluding tert-OH is 1. The SMILES string of the molecule is CCn1nc2ccccc2c1C(O)c1ccc(O)cc1. The zero-order valence-electron chi connectivity index (χ0n) is 11.2. The summed E-state index contributed by atoms with van der Waals surface area (Å²) in [6.07, 6.45) is -0.761. The van der Waals surface area contributed by atoms with Gasteiger partial charge >= 0.3 is 0 Å². The number of phenolic OH excluding ortho intramolecular Hbond substituents is 1. The van der Waals surface area contributed by atoms with E-state index in [1.807, 2.05) is 35.9 Å².